The Labute approximate surface area is 186 Å². The van der Waals surface area contributed by atoms with Crippen LogP contribution in [0.2, 0.25) is 0 Å². The molecule has 0 radical (unpaired) electrons. The zero-order valence-electron chi connectivity index (χ0n) is 17.7. The average Bonchev–Trinajstić information content (AvgIpc) is 3.46. The van der Waals surface area contributed by atoms with Crippen molar-refractivity contribution < 1.29 is 4.79 Å². The highest BCUT2D eigenvalue weighted by molar-refractivity contribution is 5.78. The van der Waals surface area contributed by atoms with Crippen LogP contribution in [-0.2, 0) is 11.2 Å². The smallest absolute Gasteiger partial charge is 0.234 e. The molecule has 1 unspecified atom stereocenters. The fourth-order valence-electron chi connectivity index (χ4n) is 4.21. The SMILES string of the molecule is O=C(CN1CCCC1c1ccnc(-c2ccccn2)n1)NCCc1nc2ccccc2[nH]1. The molecule has 1 fully saturated rings. The maximum atomic E-state index is 12.6. The van der Waals surface area contributed by atoms with E-state index in [1.54, 1.807) is 12.4 Å². The molecule has 5 rings (SSSR count). The molecule has 1 atom stereocenters. The Morgan fingerprint density at radius 2 is 1.97 bits per heavy atom. The van der Waals surface area contributed by atoms with Gasteiger partial charge in [-0.25, -0.2) is 15.0 Å². The summed E-state index contributed by atoms with van der Waals surface area (Å²) in [5.74, 6) is 1.52. The van der Waals surface area contributed by atoms with Crippen LogP contribution in [-0.4, -0.2) is 55.4 Å². The van der Waals surface area contributed by atoms with E-state index in [1.807, 2.05) is 48.5 Å². The number of nitrogens with zero attached hydrogens (tertiary/aromatic N) is 5. The summed E-state index contributed by atoms with van der Waals surface area (Å²) >= 11 is 0. The number of aromatic nitrogens is 5. The van der Waals surface area contributed by atoms with Gasteiger partial charge in [0.05, 0.1) is 29.3 Å². The number of carbonyl (C=O) groups is 1. The Morgan fingerprint density at radius 3 is 2.84 bits per heavy atom. The monoisotopic (exact) mass is 427 g/mol. The van der Waals surface area contributed by atoms with Crippen molar-refractivity contribution in [1.29, 1.82) is 0 Å². The summed E-state index contributed by atoms with van der Waals surface area (Å²) in [7, 11) is 0. The van der Waals surface area contributed by atoms with Gasteiger partial charge in [0.1, 0.15) is 11.5 Å². The number of carbonyl (C=O) groups excluding carboxylic acids is 1. The van der Waals surface area contributed by atoms with E-state index in [1.165, 1.54) is 0 Å². The number of H-pyrrole nitrogens is 1. The largest absolute Gasteiger partial charge is 0.355 e. The van der Waals surface area contributed by atoms with E-state index < -0.39 is 0 Å². The lowest BCUT2D eigenvalue weighted by molar-refractivity contribution is -0.122. The molecule has 1 aromatic carbocycles. The molecule has 0 bridgehead atoms. The molecule has 2 N–H and O–H groups in total. The Morgan fingerprint density at radius 1 is 1.06 bits per heavy atom. The number of imidazole rings is 1. The Hall–Kier alpha value is -3.65. The van der Waals surface area contributed by atoms with Gasteiger partial charge in [-0.05, 0) is 49.7 Å². The second-order valence-electron chi connectivity index (χ2n) is 7.95. The molecule has 1 saturated heterocycles. The van der Waals surface area contributed by atoms with Gasteiger partial charge in [0, 0.05) is 25.4 Å². The van der Waals surface area contributed by atoms with Crippen molar-refractivity contribution in [2.45, 2.75) is 25.3 Å². The molecule has 0 spiro atoms. The number of pyridine rings is 1. The molecular formula is C24H25N7O. The van der Waals surface area contributed by atoms with Gasteiger partial charge in [0.2, 0.25) is 5.91 Å². The fraction of sp³-hybridized carbons (Fsp3) is 0.292. The fourth-order valence-corrected chi connectivity index (χ4v) is 4.21. The van der Waals surface area contributed by atoms with Crippen LogP contribution in [0, 0.1) is 0 Å². The molecule has 162 valence electrons. The summed E-state index contributed by atoms with van der Waals surface area (Å²) in [4.78, 5) is 36.1. The lowest BCUT2D eigenvalue weighted by Crippen LogP contribution is -2.38. The van der Waals surface area contributed by atoms with Crippen LogP contribution in [0.1, 0.15) is 30.4 Å². The van der Waals surface area contributed by atoms with Gasteiger partial charge < -0.3 is 10.3 Å². The number of para-hydroxylation sites is 2. The maximum Gasteiger partial charge on any atom is 0.234 e. The standard InChI is InChI=1S/C24H25N7O/c32-23(26-14-11-22-28-17-6-1-2-7-18(17)29-22)16-31-15-5-9-21(31)19-10-13-27-24(30-19)20-8-3-4-12-25-20/h1-4,6-8,10,12-13,21H,5,9,11,14-16H2,(H,26,32)(H,28,29). The van der Waals surface area contributed by atoms with E-state index in [0.717, 1.165) is 47.6 Å². The van der Waals surface area contributed by atoms with Crippen molar-refractivity contribution in [3.63, 3.8) is 0 Å². The molecule has 3 aromatic heterocycles. The predicted octanol–water partition coefficient (Wildman–Crippen LogP) is 2.91. The minimum Gasteiger partial charge on any atom is -0.355 e. The first-order chi connectivity index (χ1) is 15.8. The number of amides is 1. The highest BCUT2D eigenvalue weighted by atomic mass is 16.2. The third-order valence-corrected chi connectivity index (χ3v) is 5.75. The summed E-state index contributed by atoms with van der Waals surface area (Å²) in [5, 5.41) is 3.03. The summed E-state index contributed by atoms with van der Waals surface area (Å²) < 4.78 is 0. The first kappa shape index (κ1) is 20.3. The van der Waals surface area contributed by atoms with Gasteiger partial charge in [-0.2, -0.15) is 0 Å². The van der Waals surface area contributed by atoms with E-state index in [0.29, 0.717) is 25.3 Å². The number of benzene rings is 1. The summed E-state index contributed by atoms with van der Waals surface area (Å²) in [6.45, 7) is 1.78. The zero-order chi connectivity index (χ0) is 21.8. The lowest BCUT2D eigenvalue weighted by Gasteiger charge is -2.23. The molecule has 4 aromatic rings. The number of hydrogen-bond acceptors (Lipinski definition) is 6. The Kier molecular flexibility index (Phi) is 5.85. The normalized spacial score (nSPS) is 16.4. The van der Waals surface area contributed by atoms with Crippen LogP contribution in [0.4, 0.5) is 0 Å². The quantitative estimate of drug-likeness (QED) is 0.470. The second kappa shape index (κ2) is 9.23. The lowest BCUT2D eigenvalue weighted by atomic mass is 10.1. The van der Waals surface area contributed by atoms with Gasteiger partial charge in [0.15, 0.2) is 5.82 Å². The van der Waals surface area contributed by atoms with Crippen molar-refractivity contribution in [1.82, 2.24) is 35.1 Å². The van der Waals surface area contributed by atoms with Gasteiger partial charge in [-0.15, -0.1) is 0 Å². The average molecular weight is 428 g/mol. The van der Waals surface area contributed by atoms with Crippen LogP contribution >= 0.6 is 0 Å². The van der Waals surface area contributed by atoms with Crippen molar-refractivity contribution in [2.24, 2.45) is 0 Å². The van der Waals surface area contributed by atoms with Gasteiger partial charge in [-0.3, -0.25) is 14.7 Å². The van der Waals surface area contributed by atoms with Crippen LogP contribution in [0.15, 0.2) is 60.9 Å². The van der Waals surface area contributed by atoms with Crippen LogP contribution in [0.3, 0.4) is 0 Å². The minimum absolute atomic E-state index is 0.0204. The number of fused-ring (bicyclic) bond motifs is 1. The van der Waals surface area contributed by atoms with Crippen molar-refractivity contribution in [3.8, 4) is 11.5 Å². The summed E-state index contributed by atoms with van der Waals surface area (Å²) in [6.07, 6.45) is 6.20. The van der Waals surface area contributed by atoms with E-state index in [9.17, 15) is 4.79 Å². The van der Waals surface area contributed by atoms with Crippen LogP contribution < -0.4 is 5.32 Å². The molecule has 4 heterocycles. The van der Waals surface area contributed by atoms with Gasteiger partial charge in [0.25, 0.3) is 0 Å². The molecule has 0 saturated carbocycles. The van der Waals surface area contributed by atoms with E-state index in [2.05, 4.69) is 30.2 Å². The third kappa shape index (κ3) is 4.50. The van der Waals surface area contributed by atoms with Crippen molar-refractivity contribution >= 4 is 16.9 Å². The molecule has 1 aliphatic heterocycles. The zero-order valence-corrected chi connectivity index (χ0v) is 17.7. The van der Waals surface area contributed by atoms with E-state index in [-0.39, 0.29) is 11.9 Å². The van der Waals surface area contributed by atoms with Crippen LogP contribution in [0.5, 0.6) is 0 Å². The first-order valence-corrected chi connectivity index (χ1v) is 10.9. The Bertz CT molecular complexity index is 1170. The van der Waals surface area contributed by atoms with E-state index in [4.69, 9.17) is 4.98 Å². The molecule has 32 heavy (non-hydrogen) atoms. The highest BCUT2D eigenvalue weighted by Gasteiger charge is 2.29. The van der Waals surface area contributed by atoms with Crippen molar-refractivity contribution in [3.05, 3.63) is 72.4 Å². The number of rotatable bonds is 7. The molecule has 1 aliphatic rings. The topological polar surface area (TPSA) is 99.7 Å². The summed E-state index contributed by atoms with van der Waals surface area (Å²) in [6, 6.07) is 15.7. The number of hydrogen-bond donors (Lipinski definition) is 2. The van der Waals surface area contributed by atoms with E-state index >= 15 is 0 Å². The molecule has 0 aliphatic carbocycles. The molecular weight excluding hydrogens is 402 g/mol. The molecule has 8 heteroatoms. The highest BCUT2D eigenvalue weighted by Crippen LogP contribution is 2.30. The number of likely N-dealkylation sites (tertiary alicyclic amines) is 1. The third-order valence-electron chi connectivity index (χ3n) is 5.75. The Balaban J connectivity index is 1.18. The van der Waals surface area contributed by atoms with Gasteiger partial charge in [-0.1, -0.05) is 18.2 Å². The minimum atomic E-state index is 0.0204. The molecule has 1 amide bonds. The maximum absolute atomic E-state index is 12.6. The second-order valence-corrected chi connectivity index (χ2v) is 7.95. The van der Waals surface area contributed by atoms with Crippen molar-refractivity contribution in [2.75, 3.05) is 19.6 Å². The predicted molar refractivity (Wildman–Crippen MR) is 122 cm³/mol. The number of aromatic amines is 1. The van der Waals surface area contributed by atoms with Crippen LogP contribution in [0.25, 0.3) is 22.6 Å². The first-order valence-electron chi connectivity index (χ1n) is 10.9. The summed E-state index contributed by atoms with van der Waals surface area (Å²) in [5.41, 5.74) is 3.66. The molecule has 8 nitrogen and oxygen atoms in total. The van der Waals surface area contributed by atoms with Gasteiger partial charge >= 0.3 is 0 Å². The number of nitrogens with one attached hydrogen (secondary N) is 2.